The van der Waals surface area contributed by atoms with E-state index >= 15 is 0 Å². The molecule has 102 valence electrons. The van der Waals surface area contributed by atoms with Gasteiger partial charge in [-0.3, -0.25) is 0 Å². The normalized spacial score (nSPS) is 12.6. The molecule has 0 saturated heterocycles. The van der Waals surface area contributed by atoms with Crippen LogP contribution in [-0.2, 0) is 17.7 Å². The third-order valence-corrected chi connectivity index (χ3v) is 2.43. The molecule has 0 amide bonds. The van der Waals surface area contributed by atoms with Crippen molar-refractivity contribution in [1.29, 1.82) is 0 Å². The number of hydrogen-bond donors (Lipinski definition) is 2. The molecule has 1 heterocycles. The summed E-state index contributed by atoms with van der Waals surface area (Å²) in [5, 5.41) is 26.1. The van der Waals surface area contributed by atoms with Gasteiger partial charge in [-0.1, -0.05) is 18.6 Å². The van der Waals surface area contributed by atoms with Crippen molar-refractivity contribution in [3.05, 3.63) is 11.4 Å². The zero-order valence-electron chi connectivity index (χ0n) is 10.7. The van der Waals surface area contributed by atoms with E-state index in [2.05, 4.69) is 10.3 Å². The first kappa shape index (κ1) is 14.6. The molecule has 2 N–H and O–H groups in total. The molecule has 1 aromatic heterocycles. The Morgan fingerprint density at radius 3 is 2.78 bits per heavy atom. The van der Waals surface area contributed by atoms with Crippen LogP contribution in [0.15, 0.2) is 0 Å². The van der Waals surface area contributed by atoms with Gasteiger partial charge in [0.2, 0.25) is 0 Å². The number of aliphatic hydroxyl groups is 1. The molecule has 0 aliphatic rings. The summed E-state index contributed by atoms with van der Waals surface area (Å²) in [6.07, 6.45) is 0.634. The van der Waals surface area contributed by atoms with E-state index in [1.165, 1.54) is 4.68 Å². The van der Waals surface area contributed by atoms with Crippen LogP contribution < -0.4 is 0 Å². The van der Waals surface area contributed by atoms with Crippen molar-refractivity contribution in [3.8, 4) is 0 Å². The summed E-state index contributed by atoms with van der Waals surface area (Å²) in [4.78, 5) is 11.0. The van der Waals surface area contributed by atoms with E-state index in [0.717, 1.165) is 6.42 Å². The van der Waals surface area contributed by atoms with Gasteiger partial charge < -0.3 is 14.9 Å². The molecule has 7 nitrogen and oxygen atoms in total. The first-order valence-electron chi connectivity index (χ1n) is 6.01. The lowest BCUT2D eigenvalue weighted by atomic mass is 10.2. The lowest BCUT2D eigenvalue weighted by Gasteiger charge is -2.12. The van der Waals surface area contributed by atoms with Crippen molar-refractivity contribution in [1.82, 2.24) is 15.0 Å². The Morgan fingerprint density at radius 1 is 1.50 bits per heavy atom. The Balaban J connectivity index is 2.78. The molecule has 0 spiro atoms. The Kier molecular flexibility index (Phi) is 5.73. The number of hydrogen-bond acceptors (Lipinski definition) is 5. The summed E-state index contributed by atoms with van der Waals surface area (Å²) in [6.45, 7) is 4.70. The molecule has 0 saturated carbocycles. The Labute approximate surface area is 105 Å². The van der Waals surface area contributed by atoms with Crippen molar-refractivity contribution in [3.63, 3.8) is 0 Å². The molecule has 0 bridgehead atoms. The molecular weight excluding hydrogens is 238 g/mol. The van der Waals surface area contributed by atoms with E-state index in [9.17, 15) is 9.90 Å². The van der Waals surface area contributed by atoms with Crippen molar-refractivity contribution in [2.45, 2.75) is 39.3 Å². The number of aliphatic hydroxyl groups excluding tert-OH is 1. The van der Waals surface area contributed by atoms with E-state index in [0.29, 0.717) is 18.7 Å². The smallest absolute Gasteiger partial charge is 0.358 e. The Morgan fingerprint density at radius 2 is 2.22 bits per heavy atom. The van der Waals surface area contributed by atoms with Gasteiger partial charge >= 0.3 is 5.97 Å². The van der Waals surface area contributed by atoms with Crippen LogP contribution in [0, 0.1) is 0 Å². The van der Waals surface area contributed by atoms with E-state index in [4.69, 9.17) is 9.84 Å². The van der Waals surface area contributed by atoms with Gasteiger partial charge in [-0.25, -0.2) is 9.48 Å². The molecule has 0 aromatic carbocycles. The standard InChI is InChI=1S/C11H19N3O4/c1-3-5-9-10(11(16)17)12-13-14(9)6-8(15)7-18-4-2/h8,15H,3-7H2,1-2H3,(H,16,17). The molecule has 1 unspecified atom stereocenters. The van der Waals surface area contributed by atoms with Crippen LogP contribution in [0.5, 0.6) is 0 Å². The minimum Gasteiger partial charge on any atom is -0.476 e. The van der Waals surface area contributed by atoms with Gasteiger partial charge in [0.25, 0.3) is 0 Å². The van der Waals surface area contributed by atoms with Gasteiger partial charge in [-0.15, -0.1) is 5.10 Å². The summed E-state index contributed by atoms with van der Waals surface area (Å²) in [5.74, 6) is -1.09. The Hall–Kier alpha value is -1.47. The lowest BCUT2D eigenvalue weighted by Crippen LogP contribution is -2.24. The zero-order chi connectivity index (χ0) is 13.5. The highest BCUT2D eigenvalue weighted by Gasteiger charge is 2.19. The first-order chi connectivity index (χ1) is 8.60. The van der Waals surface area contributed by atoms with Gasteiger partial charge in [0.1, 0.15) is 0 Å². The van der Waals surface area contributed by atoms with Crippen molar-refractivity contribution < 1.29 is 19.7 Å². The molecular formula is C11H19N3O4. The van der Waals surface area contributed by atoms with Crippen LogP contribution in [-0.4, -0.2) is 50.5 Å². The zero-order valence-corrected chi connectivity index (χ0v) is 10.7. The minimum atomic E-state index is -1.09. The topological polar surface area (TPSA) is 97.5 Å². The highest BCUT2D eigenvalue weighted by atomic mass is 16.5. The fourth-order valence-electron chi connectivity index (χ4n) is 1.64. The Bertz CT molecular complexity index is 392. The number of carboxylic acid groups (broad SMARTS) is 1. The highest BCUT2D eigenvalue weighted by molar-refractivity contribution is 5.86. The predicted molar refractivity (Wildman–Crippen MR) is 63.5 cm³/mol. The maximum Gasteiger partial charge on any atom is 0.358 e. The van der Waals surface area contributed by atoms with Crippen molar-refractivity contribution >= 4 is 5.97 Å². The first-order valence-corrected chi connectivity index (χ1v) is 6.01. The number of carbonyl (C=O) groups is 1. The summed E-state index contributed by atoms with van der Waals surface area (Å²) in [6, 6.07) is 0. The van der Waals surface area contributed by atoms with Gasteiger partial charge in [0, 0.05) is 6.61 Å². The van der Waals surface area contributed by atoms with Crippen molar-refractivity contribution in [2.75, 3.05) is 13.2 Å². The lowest BCUT2D eigenvalue weighted by molar-refractivity contribution is 0.0308. The van der Waals surface area contributed by atoms with Gasteiger partial charge in [0.05, 0.1) is 24.9 Å². The number of aromatic nitrogens is 3. The van der Waals surface area contributed by atoms with E-state index in [1.807, 2.05) is 13.8 Å². The molecule has 0 radical (unpaired) electrons. The monoisotopic (exact) mass is 257 g/mol. The number of nitrogens with zero attached hydrogens (tertiary/aromatic N) is 3. The summed E-state index contributed by atoms with van der Waals surface area (Å²) < 4.78 is 6.53. The second-order valence-electron chi connectivity index (χ2n) is 3.94. The maximum absolute atomic E-state index is 11.0. The summed E-state index contributed by atoms with van der Waals surface area (Å²) in [7, 11) is 0. The fraction of sp³-hybridized carbons (Fsp3) is 0.727. The molecule has 0 aliphatic carbocycles. The fourth-order valence-corrected chi connectivity index (χ4v) is 1.64. The quantitative estimate of drug-likeness (QED) is 0.696. The number of rotatable bonds is 8. The summed E-state index contributed by atoms with van der Waals surface area (Å²) >= 11 is 0. The molecule has 1 rings (SSSR count). The van der Waals surface area contributed by atoms with Crippen LogP contribution >= 0.6 is 0 Å². The molecule has 0 aliphatic heterocycles. The van der Waals surface area contributed by atoms with E-state index < -0.39 is 12.1 Å². The molecule has 1 aromatic rings. The van der Waals surface area contributed by atoms with Crippen LogP contribution in [0.1, 0.15) is 36.5 Å². The third kappa shape index (κ3) is 3.78. The van der Waals surface area contributed by atoms with Crippen molar-refractivity contribution in [2.24, 2.45) is 0 Å². The van der Waals surface area contributed by atoms with Crippen LogP contribution in [0.4, 0.5) is 0 Å². The second-order valence-corrected chi connectivity index (χ2v) is 3.94. The highest BCUT2D eigenvalue weighted by Crippen LogP contribution is 2.09. The van der Waals surface area contributed by atoms with E-state index in [-0.39, 0.29) is 18.8 Å². The number of carboxylic acids is 1. The van der Waals surface area contributed by atoms with Gasteiger partial charge in [0.15, 0.2) is 5.69 Å². The largest absolute Gasteiger partial charge is 0.476 e. The third-order valence-electron chi connectivity index (χ3n) is 2.43. The minimum absolute atomic E-state index is 0.0412. The SMILES string of the molecule is CCCc1c(C(=O)O)nnn1CC(O)COCC. The molecule has 18 heavy (non-hydrogen) atoms. The average molecular weight is 257 g/mol. The number of ether oxygens (including phenoxy) is 1. The summed E-state index contributed by atoms with van der Waals surface area (Å²) in [5.41, 5.74) is 0.501. The molecule has 1 atom stereocenters. The van der Waals surface area contributed by atoms with Gasteiger partial charge in [-0.2, -0.15) is 0 Å². The van der Waals surface area contributed by atoms with Crippen LogP contribution in [0.25, 0.3) is 0 Å². The van der Waals surface area contributed by atoms with E-state index in [1.54, 1.807) is 0 Å². The van der Waals surface area contributed by atoms with Gasteiger partial charge in [-0.05, 0) is 13.3 Å². The second kappa shape index (κ2) is 7.07. The predicted octanol–water partition coefficient (Wildman–Crippen LogP) is 0.326. The maximum atomic E-state index is 11.0. The number of aromatic carboxylic acids is 1. The molecule has 0 fully saturated rings. The molecule has 7 heteroatoms. The van der Waals surface area contributed by atoms with Crippen LogP contribution in [0.3, 0.4) is 0 Å². The van der Waals surface area contributed by atoms with Crippen LogP contribution in [0.2, 0.25) is 0 Å². The average Bonchev–Trinajstić information content (AvgIpc) is 2.70.